The van der Waals surface area contributed by atoms with Gasteiger partial charge in [0.25, 0.3) is 15.9 Å². The van der Waals surface area contributed by atoms with Crippen LogP contribution in [-0.2, 0) is 14.8 Å². The highest BCUT2D eigenvalue weighted by Crippen LogP contribution is 2.22. The molecule has 0 heterocycles. The van der Waals surface area contributed by atoms with E-state index >= 15 is 0 Å². The van der Waals surface area contributed by atoms with E-state index in [0.29, 0.717) is 23.5 Å². The number of rotatable bonds is 8. The van der Waals surface area contributed by atoms with Gasteiger partial charge in [0.15, 0.2) is 6.10 Å². The Hall–Kier alpha value is -3.32. The minimum absolute atomic E-state index is 0.108. The molecule has 7 heteroatoms. The summed E-state index contributed by atoms with van der Waals surface area (Å²) >= 11 is 0. The topological polar surface area (TPSA) is 84.5 Å². The Morgan fingerprint density at radius 3 is 2.13 bits per heavy atom. The monoisotopic (exact) mass is 438 g/mol. The van der Waals surface area contributed by atoms with Crippen molar-refractivity contribution in [3.63, 3.8) is 0 Å². The molecular weight excluding hydrogens is 412 g/mol. The molecule has 1 atom stereocenters. The number of amides is 1. The van der Waals surface area contributed by atoms with Crippen LogP contribution in [0.4, 0.5) is 11.4 Å². The van der Waals surface area contributed by atoms with Crippen molar-refractivity contribution < 1.29 is 17.9 Å². The maximum Gasteiger partial charge on any atom is 0.265 e. The van der Waals surface area contributed by atoms with E-state index in [2.05, 4.69) is 10.0 Å². The average Bonchev–Trinajstić information content (AvgIpc) is 2.75. The molecule has 0 saturated heterocycles. The van der Waals surface area contributed by atoms with E-state index in [9.17, 15) is 13.2 Å². The van der Waals surface area contributed by atoms with Gasteiger partial charge in [-0.2, -0.15) is 0 Å². The van der Waals surface area contributed by atoms with E-state index in [1.807, 2.05) is 57.2 Å². The number of aryl methyl sites for hydroxylation is 2. The van der Waals surface area contributed by atoms with Gasteiger partial charge in [0.05, 0.1) is 10.6 Å². The molecule has 0 fully saturated rings. The second-order valence-electron chi connectivity index (χ2n) is 7.21. The van der Waals surface area contributed by atoms with E-state index in [1.165, 1.54) is 12.1 Å². The number of nitrogens with one attached hydrogen (secondary N) is 2. The lowest BCUT2D eigenvalue weighted by Gasteiger charge is -2.18. The lowest BCUT2D eigenvalue weighted by molar-refractivity contribution is -0.122. The molecule has 31 heavy (non-hydrogen) atoms. The fourth-order valence-corrected chi connectivity index (χ4v) is 4.13. The van der Waals surface area contributed by atoms with Crippen molar-refractivity contribution in [2.45, 2.75) is 38.2 Å². The standard InChI is InChI=1S/C24H26N2O4S/c1-4-22(30-23-12-8-6-10-18(23)3)24(27)25-19-13-15-20(16-14-19)31(28,29)26-21-11-7-5-9-17(21)2/h5-16,22,26H,4H2,1-3H3,(H,25,27). The van der Waals surface area contributed by atoms with Crippen LogP contribution in [0.3, 0.4) is 0 Å². The SMILES string of the molecule is CCC(Oc1ccccc1C)C(=O)Nc1ccc(S(=O)(=O)Nc2ccccc2C)cc1. The van der Waals surface area contributed by atoms with Crippen LogP contribution in [0, 0.1) is 13.8 Å². The summed E-state index contributed by atoms with van der Waals surface area (Å²) in [5, 5.41) is 2.79. The third kappa shape index (κ3) is 5.64. The fraction of sp³-hybridized carbons (Fsp3) is 0.208. The smallest absolute Gasteiger partial charge is 0.265 e. The van der Waals surface area contributed by atoms with Gasteiger partial charge in [-0.25, -0.2) is 8.42 Å². The second kappa shape index (κ2) is 9.66. The quantitative estimate of drug-likeness (QED) is 0.524. The van der Waals surface area contributed by atoms with Gasteiger partial charge in [-0.15, -0.1) is 0 Å². The molecule has 0 aliphatic heterocycles. The summed E-state index contributed by atoms with van der Waals surface area (Å²) in [5.41, 5.74) is 2.80. The van der Waals surface area contributed by atoms with Crippen molar-refractivity contribution in [1.29, 1.82) is 0 Å². The Labute approximate surface area is 183 Å². The fourth-order valence-electron chi connectivity index (χ4n) is 3.00. The molecule has 0 aliphatic carbocycles. The summed E-state index contributed by atoms with van der Waals surface area (Å²) in [5.74, 6) is 0.368. The molecule has 0 bridgehead atoms. The third-order valence-corrected chi connectivity index (χ3v) is 6.23. The Morgan fingerprint density at radius 1 is 0.903 bits per heavy atom. The van der Waals surface area contributed by atoms with E-state index in [0.717, 1.165) is 11.1 Å². The highest BCUT2D eigenvalue weighted by atomic mass is 32.2. The van der Waals surface area contributed by atoms with Crippen LogP contribution in [-0.4, -0.2) is 20.4 Å². The molecule has 6 nitrogen and oxygen atoms in total. The largest absolute Gasteiger partial charge is 0.480 e. The van der Waals surface area contributed by atoms with Crippen LogP contribution in [0.1, 0.15) is 24.5 Å². The van der Waals surface area contributed by atoms with Gasteiger partial charge in [0.2, 0.25) is 0 Å². The van der Waals surface area contributed by atoms with Crippen LogP contribution in [0.15, 0.2) is 77.7 Å². The summed E-state index contributed by atoms with van der Waals surface area (Å²) in [6.45, 7) is 5.62. The van der Waals surface area contributed by atoms with Crippen LogP contribution < -0.4 is 14.8 Å². The number of carbonyl (C=O) groups is 1. The van der Waals surface area contributed by atoms with E-state index in [1.54, 1.807) is 24.3 Å². The van der Waals surface area contributed by atoms with Crippen LogP contribution >= 0.6 is 0 Å². The molecule has 0 spiro atoms. The second-order valence-corrected chi connectivity index (χ2v) is 8.90. The van der Waals surface area contributed by atoms with E-state index in [-0.39, 0.29) is 10.8 Å². The number of benzene rings is 3. The van der Waals surface area contributed by atoms with Crippen molar-refractivity contribution in [1.82, 2.24) is 0 Å². The van der Waals surface area contributed by atoms with Gasteiger partial charge < -0.3 is 10.1 Å². The average molecular weight is 439 g/mol. The first-order chi connectivity index (χ1) is 14.8. The first-order valence-electron chi connectivity index (χ1n) is 10.0. The molecule has 0 aromatic heterocycles. The molecule has 3 aromatic rings. The van der Waals surface area contributed by atoms with Gasteiger partial charge in [0.1, 0.15) is 5.75 Å². The predicted molar refractivity (Wildman–Crippen MR) is 123 cm³/mol. The molecular formula is C24H26N2O4S. The van der Waals surface area contributed by atoms with Crippen LogP contribution in [0.25, 0.3) is 0 Å². The molecule has 0 saturated carbocycles. The van der Waals surface area contributed by atoms with Gasteiger partial charge in [-0.3, -0.25) is 9.52 Å². The van der Waals surface area contributed by atoms with Crippen molar-refractivity contribution in [2.24, 2.45) is 0 Å². The maximum absolute atomic E-state index is 12.7. The van der Waals surface area contributed by atoms with E-state index < -0.39 is 16.1 Å². The molecule has 1 unspecified atom stereocenters. The number of sulfonamides is 1. The van der Waals surface area contributed by atoms with E-state index in [4.69, 9.17) is 4.74 Å². The Balaban J connectivity index is 1.68. The van der Waals surface area contributed by atoms with Crippen molar-refractivity contribution >= 4 is 27.3 Å². The number of anilines is 2. The van der Waals surface area contributed by atoms with Crippen LogP contribution in [0.5, 0.6) is 5.75 Å². The van der Waals surface area contributed by atoms with Gasteiger partial charge in [-0.1, -0.05) is 43.3 Å². The molecule has 3 rings (SSSR count). The Kier molecular flexibility index (Phi) is 6.97. The first kappa shape index (κ1) is 22.4. The number of para-hydroxylation sites is 2. The minimum atomic E-state index is -3.73. The van der Waals surface area contributed by atoms with Crippen molar-refractivity contribution in [3.05, 3.63) is 83.9 Å². The summed E-state index contributed by atoms with van der Waals surface area (Å²) in [7, 11) is -3.73. The Morgan fingerprint density at radius 2 is 1.52 bits per heavy atom. The van der Waals surface area contributed by atoms with Crippen molar-refractivity contribution in [3.8, 4) is 5.75 Å². The molecule has 3 aromatic carbocycles. The van der Waals surface area contributed by atoms with Crippen molar-refractivity contribution in [2.75, 3.05) is 10.0 Å². The minimum Gasteiger partial charge on any atom is -0.480 e. The zero-order chi connectivity index (χ0) is 22.4. The summed E-state index contributed by atoms with van der Waals surface area (Å²) < 4.78 is 33.8. The molecule has 2 N–H and O–H groups in total. The maximum atomic E-state index is 12.7. The van der Waals surface area contributed by atoms with Gasteiger partial charge in [-0.05, 0) is 67.8 Å². The number of hydrogen-bond acceptors (Lipinski definition) is 4. The molecule has 162 valence electrons. The van der Waals surface area contributed by atoms with Gasteiger partial charge in [0, 0.05) is 5.69 Å². The number of hydrogen-bond donors (Lipinski definition) is 2. The third-order valence-electron chi connectivity index (χ3n) is 4.85. The van der Waals surface area contributed by atoms with Crippen LogP contribution in [0.2, 0.25) is 0 Å². The first-order valence-corrected chi connectivity index (χ1v) is 11.5. The highest BCUT2D eigenvalue weighted by molar-refractivity contribution is 7.92. The molecule has 0 radical (unpaired) electrons. The summed E-state index contributed by atoms with van der Waals surface area (Å²) in [6.07, 6.45) is -0.167. The normalized spacial score (nSPS) is 12.1. The summed E-state index contributed by atoms with van der Waals surface area (Å²) in [6, 6.07) is 20.7. The summed E-state index contributed by atoms with van der Waals surface area (Å²) in [4.78, 5) is 12.8. The zero-order valence-electron chi connectivity index (χ0n) is 17.8. The molecule has 0 aliphatic rings. The predicted octanol–water partition coefficient (Wildman–Crippen LogP) is 4.90. The number of ether oxygens (including phenoxy) is 1. The Bertz CT molecular complexity index is 1160. The number of carbonyl (C=O) groups excluding carboxylic acids is 1. The van der Waals surface area contributed by atoms with Gasteiger partial charge >= 0.3 is 0 Å². The lowest BCUT2D eigenvalue weighted by Crippen LogP contribution is -2.32. The lowest BCUT2D eigenvalue weighted by atomic mass is 10.2. The molecule has 1 amide bonds. The highest BCUT2D eigenvalue weighted by Gasteiger charge is 2.20. The zero-order valence-corrected chi connectivity index (χ0v) is 18.6.